The average molecular weight is 506 g/mol. The summed E-state index contributed by atoms with van der Waals surface area (Å²) in [4.78, 5) is 5.12. The van der Waals surface area contributed by atoms with Crippen molar-refractivity contribution in [3.05, 3.63) is 59.3 Å². The van der Waals surface area contributed by atoms with Gasteiger partial charge in [-0.15, -0.1) is 0 Å². The molecule has 1 aromatic heterocycles. The second kappa shape index (κ2) is 9.95. The van der Waals surface area contributed by atoms with Crippen molar-refractivity contribution in [1.82, 2.24) is 14.4 Å². The van der Waals surface area contributed by atoms with E-state index in [1.54, 1.807) is 14.2 Å². The van der Waals surface area contributed by atoms with Gasteiger partial charge in [-0.25, -0.2) is 0 Å². The van der Waals surface area contributed by atoms with Gasteiger partial charge in [0.2, 0.25) is 0 Å². The fraction of sp³-hybridized carbons (Fsp3) is 0.533. The molecule has 2 fully saturated rings. The lowest BCUT2D eigenvalue weighted by atomic mass is 9.68. The van der Waals surface area contributed by atoms with Crippen molar-refractivity contribution in [1.29, 1.82) is 0 Å². The molecule has 2 aromatic carbocycles. The maximum atomic E-state index is 10.8. The Morgan fingerprint density at radius 1 is 1.03 bits per heavy atom. The Kier molecular flexibility index (Phi) is 6.65. The number of methoxy groups -OCH3 is 2. The fourth-order valence-corrected chi connectivity index (χ4v) is 7.17. The van der Waals surface area contributed by atoms with Crippen LogP contribution in [0.25, 0.3) is 10.9 Å². The molecule has 37 heavy (non-hydrogen) atoms. The van der Waals surface area contributed by atoms with Crippen LogP contribution in [0.1, 0.15) is 35.7 Å². The van der Waals surface area contributed by atoms with Crippen molar-refractivity contribution < 1.29 is 19.3 Å². The van der Waals surface area contributed by atoms with Crippen LogP contribution in [-0.4, -0.2) is 79.7 Å². The number of hydrogen-bond donors (Lipinski definition) is 1. The highest BCUT2D eigenvalue weighted by atomic mass is 16.5. The van der Waals surface area contributed by atoms with Gasteiger partial charge in [-0.3, -0.25) is 4.90 Å². The van der Waals surface area contributed by atoms with Crippen molar-refractivity contribution in [3.63, 3.8) is 0 Å². The van der Waals surface area contributed by atoms with Crippen LogP contribution < -0.4 is 9.47 Å². The van der Waals surface area contributed by atoms with Crippen LogP contribution in [0.2, 0.25) is 0 Å². The smallest absolute Gasteiger partial charge is 0.123 e. The van der Waals surface area contributed by atoms with Gasteiger partial charge in [-0.1, -0.05) is 18.2 Å². The van der Waals surface area contributed by atoms with E-state index in [0.29, 0.717) is 0 Å². The van der Waals surface area contributed by atoms with Crippen molar-refractivity contribution in [2.75, 3.05) is 60.2 Å². The van der Waals surface area contributed by atoms with Gasteiger partial charge in [0.1, 0.15) is 11.5 Å². The minimum Gasteiger partial charge on any atom is -0.497 e. The number of aliphatic hydroxyl groups excluding tert-OH is 1. The zero-order valence-electron chi connectivity index (χ0n) is 22.3. The summed E-state index contributed by atoms with van der Waals surface area (Å²) in [5.41, 5.74) is 5.01. The zero-order valence-corrected chi connectivity index (χ0v) is 22.3. The summed E-state index contributed by atoms with van der Waals surface area (Å²) in [5, 5.41) is 12.1. The molecular weight excluding hydrogens is 466 g/mol. The van der Waals surface area contributed by atoms with Crippen molar-refractivity contribution >= 4 is 10.9 Å². The Morgan fingerprint density at radius 3 is 2.54 bits per heavy atom. The van der Waals surface area contributed by atoms with Crippen LogP contribution in [0, 0.1) is 5.92 Å². The Hall–Kier alpha value is -2.58. The Morgan fingerprint density at radius 2 is 1.81 bits per heavy atom. The quantitative estimate of drug-likeness (QED) is 0.528. The lowest BCUT2D eigenvalue weighted by molar-refractivity contribution is -0.0267. The SMILES string of the molecule is COc1ccc2c3c(n(C)c2c1)[C@H](CO)N(Cc1ccccc1OC)CC31CN(CC2CCOCC2)C1. The number of aryl methyl sites for hydroxylation is 1. The molecule has 1 N–H and O–H groups in total. The van der Waals surface area contributed by atoms with Gasteiger partial charge in [0.15, 0.2) is 0 Å². The maximum absolute atomic E-state index is 10.8. The van der Waals surface area contributed by atoms with Gasteiger partial charge in [0.05, 0.1) is 32.4 Å². The molecule has 3 aliphatic heterocycles. The van der Waals surface area contributed by atoms with Crippen molar-refractivity contribution in [2.45, 2.75) is 30.8 Å². The van der Waals surface area contributed by atoms with E-state index in [-0.39, 0.29) is 18.1 Å². The average Bonchev–Trinajstić information content (AvgIpc) is 3.21. The van der Waals surface area contributed by atoms with Gasteiger partial charge < -0.3 is 28.8 Å². The lowest BCUT2D eigenvalue weighted by Gasteiger charge is -2.57. The number of rotatable bonds is 7. The fourth-order valence-electron chi connectivity index (χ4n) is 7.17. The number of fused-ring (bicyclic) bond motifs is 4. The monoisotopic (exact) mass is 505 g/mol. The summed E-state index contributed by atoms with van der Waals surface area (Å²) in [6.07, 6.45) is 2.32. The van der Waals surface area contributed by atoms with E-state index in [1.807, 2.05) is 12.1 Å². The second-order valence-electron chi connectivity index (χ2n) is 11.1. The molecule has 0 saturated carbocycles. The zero-order chi connectivity index (χ0) is 25.6. The summed E-state index contributed by atoms with van der Waals surface area (Å²) in [6, 6.07) is 14.6. The van der Waals surface area contributed by atoms with Gasteiger partial charge in [-0.05, 0) is 42.5 Å². The van der Waals surface area contributed by atoms with Gasteiger partial charge in [-0.2, -0.15) is 0 Å². The second-order valence-corrected chi connectivity index (χ2v) is 11.1. The highest BCUT2D eigenvalue weighted by molar-refractivity contribution is 5.89. The molecule has 7 heteroatoms. The molecule has 6 rings (SSSR count). The molecule has 0 amide bonds. The van der Waals surface area contributed by atoms with Crippen LogP contribution >= 0.6 is 0 Å². The first kappa shape index (κ1) is 24.7. The Bertz CT molecular complexity index is 1260. The number of para-hydroxylation sites is 1. The Balaban J connectivity index is 1.40. The number of nitrogens with zero attached hydrogens (tertiary/aromatic N) is 3. The molecule has 2 saturated heterocycles. The van der Waals surface area contributed by atoms with E-state index in [1.165, 1.54) is 22.2 Å². The molecule has 3 aliphatic rings. The molecule has 0 aliphatic carbocycles. The third kappa shape index (κ3) is 4.22. The first-order valence-corrected chi connectivity index (χ1v) is 13.5. The maximum Gasteiger partial charge on any atom is 0.123 e. The minimum atomic E-state index is -0.0847. The predicted octanol–water partition coefficient (Wildman–Crippen LogP) is 3.72. The van der Waals surface area contributed by atoms with Crippen LogP contribution in [0.4, 0.5) is 0 Å². The third-order valence-corrected chi connectivity index (χ3v) is 8.89. The number of ether oxygens (including phenoxy) is 3. The van der Waals surface area contributed by atoms with E-state index >= 15 is 0 Å². The summed E-state index contributed by atoms with van der Waals surface area (Å²) < 4.78 is 19.2. The highest BCUT2D eigenvalue weighted by Crippen LogP contribution is 2.50. The third-order valence-electron chi connectivity index (χ3n) is 8.89. The van der Waals surface area contributed by atoms with E-state index < -0.39 is 0 Å². The molecule has 1 spiro atoms. The normalized spacial score (nSPS) is 22.2. The number of hydrogen-bond acceptors (Lipinski definition) is 6. The number of likely N-dealkylation sites (tertiary alicyclic amines) is 1. The summed E-state index contributed by atoms with van der Waals surface area (Å²) in [6.45, 7) is 6.75. The van der Waals surface area contributed by atoms with Crippen LogP contribution in [0.5, 0.6) is 11.5 Å². The highest BCUT2D eigenvalue weighted by Gasteiger charge is 2.53. The Labute approximate surface area is 219 Å². The van der Waals surface area contributed by atoms with Crippen LogP contribution in [0.3, 0.4) is 0 Å². The van der Waals surface area contributed by atoms with Crippen LogP contribution in [0.15, 0.2) is 42.5 Å². The molecule has 198 valence electrons. The van der Waals surface area contributed by atoms with Crippen molar-refractivity contribution in [2.24, 2.45) is 13.0 Å². The topological polar surface area (TPSA) is 59.3 Å². The van der Waals surface area contributed by atoms with E-state index in [2.05, 4.69) is 51.7 Å². The first-order valence-electron chi connectivity index (χ1n) is 13.5. The molecule has 4 heterocycles. The van der Waals surface area contributed by atoms with Gasteiger partial charge in [0, 0.05) is 81.1 Å². The van der Waals surface area contributed by atoms with Gasteiger partial charge >= 0.3 is 0 Å². The summed E-state index contributed by atoms with van der Waals surface area (Å²) in [5.74, 6) is 2.48. The minimum absolute atomic E-state index is 0.0300. The van der Waals surface area contributed by atoms with Crippen LogP contribution in [-0.2, 0) is 23.7 Å². The predicted molar refractivity (Wildman–Crippen MR) is 144 cm³/mol. The van der Waals surface area contributed by atoms with Crippen molar-refractivity contribution in [3.8, 4) is 11.5 Å². The number of aromatic nitrogens is 1. The van der Waals surface area contributed by atoms with E-state index in [4.69, 9.17) is 14.2 Å². The molecule has 0 radical (unpaired) electrons. The molecule has 3 aromatic rings. The summed E-state index contributed by atoms with van der Waals surface area (Å²) in [7, 11) is 5.59. The lowest BCUT2D eigenvalue weighted by Crippen LogP contribution is -2.67. The number of benzene rings is 2. The van der Waals surface area contributed by atoms with E-state index in [0.717, 1.165) is 81.8 Å². The van der Waals surface area contributed by atoms with Gasteiger partial charge in [0.25, 0.3) is 0 Å². The molecule has 0 bridgehead atoms. The standard InChI is InChI=1S/C30H39N3O4/c1-31-25-14-23(35-2)8-9-24(25)28-29(31)26(17-34)33(16-22-6-4-5-7-27(22)36-3)20-30(28)18-32(19-30)15-21-10-12-37-13-11-21/h4-9,14,21,26,34H,10-13,15-20H2,1-3H3/t26-/m0/s1. The summed E-state index contributed by atoms with van der Waals surface area (Å²) >= 11 is 0. The molecule has 1 atom stereocenters. The largest absolute Gasteiger partial charge is 0.497 e. The van der Waals surface area contributed by atoms with E-state index in [9.17, 15) is 5.11 Å². The number of aliphatic hydroxyl groups is 1. The first-order chi connectivity index (χ1) is 18.1. The molecular formula is C30H39N3O4. The molecule has 7 nitrogen and oxygen atoms in total. The molecule has 0 unspecified atom stereocenters.